The second-order valence-electron chi connectivity index (χ2n) is 8.42. The van der Waals surface area contributed by atoms with Crippen molar-refractivity contribution in [3.8, 4) is 11.1 Å². The van der Waals surface area contributed by atoms with Gasteiger partial charge in [-0.3, -0.25) is 4.98 Å². The molecule has 1 aliphatic heterocycles. The van der Waals surface area contributed by atoms with Crippen LogP contribution in [0.2, 0.25) is 5.02 Å². The van der Waals surface area contributed by atoms with Crippen LogP contribution in [-0.2, 0) is 4.74 Å². The van der Waals surface area contributed by atoms with Crippen molar-refractivity contribution in [2.45, 2.75) is 26.9 Å². The van der Waals surface area contributed by atoms with Crippen LogP contribution in [0.15, 0.2) is 48.7 Å². The van der Waals surface area contributed by atoms with Gasteiger partial charge in [0.15, 0.2) is 0 Å². The highest BCUT2D eigenvalue weighted by molar-refractivity contribution is 6.30. The fourth-order valence-electron chi connectivity index (χ4n) is 4.27. The van der Waals surface area contributed by atoms with Crippen molar-refractivity contribution in [1.82, 2.24) is 15.0 Å². The van der Waals surface area contributed by atoms with Crippen molar-refractivity contribution in [2.75, 3.05) is 24.6 Å². The molecule has 3 heterocycles. The Hall–Kier alpha value is -3.09. The molecular weight excluding hydrogens is 439 g/mol. The predicted molar refractivity (Wildman–Crippen MR) is 129 cm³/mol. The van der Waals surface area contributed by atoms with Gasteiger partial charge in [0.25, 0.3) is 0 Å². The minimum absolute atomic E-state index is 0.0716. The highest BCUT2D eigenvalue weighted by Crippen LogP contribution is 2.36. The number of hydrogen-bond donors (Lipinski definition) is 0. The number of morpholine rings is 1. The van der Waals surface area contributed by atoms with Crippen LogP contribution in [0.5, 0.6) is 0 Å². The molecule has 2 aromatic carbocycles. The zero-order chi connectivity index (χ0) is 23.1. The number of anilines is 1. The van der Waals surface area contributed by atoms with Gasteiger partial charge in [-0.15, -0.1) is 0 Å². The Labute approximate surface area is 197 Å². The first-order valence-electron chi connectivity index (χ1n) is 10.9. The smallest absolute Gasteiger partial charge is 0.132 e. The van der Waals surface area contributed by atoms with Gasteiger partial charge in [-0.25, -0.2) is 14.4 Å². The summed E-state index contributed by atoms with van der Waals surface area (Å²) in [5.74, 6) is -0.381. The molecule has 168 valence electrons. The molecule has 1 fully saturated rings. The van der Waals surface area contributed by atoms with Crippen LogP contribution in [0.1, 0.15) is 28.7 Å². The van der Waals surface area contributed by atoms with Crippen molar-refractivity contribution in [2.24, 2.45) is 0 Å². The molecule has 7 heteroatoms. The van der Waals surface area contributed by atoms with Gasteiger partial charge in [0.05, 0.1) is 29.0 Å². The minimum atomic E-state index is -0.381. The zero-order valence-corrected chi connectivity index (χ0v) is 19.5. The standard InChI is InChI=1S/C26H24ClFN4O/c1-15-10-18(6-7-29-15)25-14-32(8-9-33-25)20-12-22(21-5-4-19(27)11-23(21)28)26-24(13-20)30-16(2)17(3)31-26/h4-7,10-13,25H,8-9,14H2,1-3H3/t25-/m0/s1. The molecule has 5 rings (SSSR count). The monoisotopic (exact) mass is 462 g/mol. The molecule has 0 unspecified atom stereocenters. The lowest BCUT2D eigenvalue weighted by Gasteiger charge is -2.35. The van der Waals surface area contributed by atoms with Gasteiger partial charge in [0.1, 0.15) is 11.9 Å². The molecule has 0 bridgehead atoms. The number of pyridine rings is 1. The highest BCUT2D eigenvalue weighted by atomic mass is 35.5. The molecule has 0 saturated carbocycles. The van der Waals surface area contributed by atoms with E-state index in [0.717, 1.165) is 40.4 Å². The molecule has 1 atom stereocenters. The van der Waals surface area contributed by atoms with Crippen molar-refractivity contribution in [3.63, 3.8) is 0 Å². The first kappa shape index (κ1) is 21.7. The zero-order valence-electron chi connectivity index (χ0n) is 18.8. The van der Waals surface area contributed by atoms with E-state index in [4.69, 9.17) is 26.3 Å². The van der Waals surface area contributed by atoms with E-state index in [1.165, 1.54) is 6.07 Å². The van der Waals surface area contributed by atoms with E-state index in [9.17, 15) is 4.39 Å². The second kappa shape index (κ2) is 8.69. The van der Waals surface area contributed by atoms with Gasteiger partial charge >= 0.3 is 0 Å². The third kappa shape index (κ3) is 4.28. The molecule has 1 saturated heterocycles. The van der Waals surface area contributed by atoms with Crippen molar-refractivity contribution in [1.29, 1.82) is 0 Å². The van der Waals surface area contributed by atoms with E-state index >= 15 is 0 Å². The molecule has 0 spiro atoms. The predicted octanol–water partition coefficient (Wildman–Crippen LogP) is 5.99. The molecule has 0 N–H and O–H groups in total. The summed E-state index contributed by atoms with van der Waals surface area (Å²) in [6.07, 6.45) is 1.74. The minimum Gasteiger partial charge on any atom is -0.370 e. The first-order chi connectivity index (χ1) is 15.9. The fraction of sp³-hybridized carbons (Fsp3) is 0.269. The fourth-order valence-corrected chi connectivity index (χ4v) is 4.43. The SMILES string of the molecule is Cc1cc([C@@H]2CN(c3cc(-c4ccc(Cl)cc4F)c4nc(C)c(C)nc4c3)CCO2)ccn1. The van der Waals surface area contributed by atoms with E-state index in [1.54, 1.807) is 12.1 Å². The number of fused-ring (bicyclic) bond motifs is 1. The van der Waals surface area contributed by atoms with Crippen LogP contribution in [0.4, 0.5) is 10.1 Å². The summed E-state index contributed by atoms with van der Waals surface area (Å²) in [4.78, 5) is 16.1. The maximum absolute atomic E-state index is 15.0. The lowest BCUT2D eigenvalue weighted by Crippen LogP contribution is -2.38. The third-order valence-electron chi connectivity index (χ3n) is 6.11. The van der Waals surface area contributed by atoms with Crippen molar-refractivity contribution < 1.29 is 9.13 Å². The topological polar surface area (TPSA) is 51.1 Å². The van der Waals surface area contributed by atoms with Crippen LogP contribution in [-0.4, -0.2) is 34.6 Å². The first-order valence-corrected chi connectivity index (χ1v) is 11.3. The summed E-state index contributed by atoms with van der Waals surface area (Å²) in [6, 6.07) is 12.8. The van der Waals surface area contributed by atoms with Gasteiger partial charge in [-0.2, -0.15) is 0 Å². The number of aryl methyl sites for hydroxylation is 3. The summed E-state index contributed by atoms with van der Waals surface area (Å²) < 4.78 is 21.0. The van der Waals surface area contributed by atoms with Gasteiger partial charge in [0.2, 0.25) is 0 Å². The maximum atomic E-state index is 15.0. The Morgan fingerprint density at radius 2 is 1.82 bits per heavy atom. The Morgan fingerprint density at radius 3 is 2.61 bits per heavy atom. The number of hydrogen-bond acceptors (Lipinski definition) is 5. The highest BCUT2D eigenvalue weighted by Gasteiger charge is 2.24. The van der Waals surface area contributed by atoms with E-state index in [2.05, 4.69) is 16.0 Å². The molecule has 5 nitrogen and oxygen atoms in total. The summed E-state index contributed by atoms with van der Waals surface area (Å²) in [7, 11) is 0. The molecule has 0 amide bonds. The Balaban J connectivity index is 1.62. The Bertz CT molecular complexity index is 1360. The molecule has 1 aliphatic rings. The average Bonchev–Trinajstić information content (AvgIpc) is 2.80. The van der Waals surface area contributed by atoms with Gasteiger partial charge in [-0.1, -0.05) is 11.6 Å². The molecular formula is C26H24ClFN4O. The van der Waals surface area contributed by atoms with E-state index in [-0.39, 0.29) is 11.9 Å². The van der Waals surface area contributed by atoms with Crippen molar-refractivity contribution in [3.05, 3.63) is 82.1 Å². The lowest BCUT2D eigenvalue weighted by atomic mass is 10.0. The number of rotatable bonds is 3. The summed E-state index contributed by atoms with van der Waals surface area (Å²) in [5.41, 5.74) is 7.28. The maximum Gasteiger partial charge on any atom is 0.132 e. The van der Waals surface area contributed by atoms with Crippen LogP contribution in [0.25, 0.3) is 22.2 Å². The molecule has 0 radical (unpaired) electrons. The number of benzene rings is 2. The summed E-state index contributed by atoms with van der Waals surface area (Å²) >= 11 is 6.01. The quantitative estimate of drug-likeness (QED) is 0.374. The molecule has 2 aromatic heterocycles. The Morgan fingerprint density at radius 1 is 1.00 bits per heavy atom. The average molecular weight is 463 g/mol. The van der Waals surface area contributed by atoms with Gasteiger partial charge in [-0.05, 0) is 68.8 Å². The molecule has 33 heavy (non-hydrogen) atoms. The summed E-state index contributed by atoms with van der Waals surface area (Å²) in [5, 5.41) is 0.360. The van der Waals surface area contributed by atoms with E-state index in [0.29, 0.717) is 34.8 Å². The molecule has 0 aliphatic carbocycles. The van der Waals surface area contributed by atoms with Crippen LogP contribution >= 0.6 is 11.6 Å². The molecule has 4 aromatic rings. The van der Waals surface area contributed by atoms with Crippen LogP contribution in [0.3, 0.4) is 0 Å². The number of nitrogens with zero attached hydrogens (tertiary/aromatic N) is 4. The Kier molecular flexibility index (Phi) is 5.72. The number of halogens is 2. The van der Waals surface area contributed by atoms with Gasteiger partial charge < -0.3 is 9.64 Å². The third-order valence-corrected chi connectivity index (χ3v) is 6.35. The number of aromatic nitrogens is 3. The normalized spacial score (nSPS) is 16.4. The van der Waals surface area contributed by atoms with Crippen molar-refractivity contribution >= 4 is 28.3 Å². The van der Waals surface area contributed by atoms with Crippen LogP contribution < -0.4 is 4.90 Å². The number of ether oxygens (including phenoxy) is 1. The van der Waals surface area contributed by atoms with E-state index in [1.807, 2.05) is 45.2 Å². The second-order valence-corrected chi connectivity index (χ2v) is 8.85. The van der Waals surface area contributed by atoms with E-state index < -0.39 is 0 Å². The van der Waals surface area contributed by atoms with Gasteiger partial charge in [0, 0.05) is 46.8 Å². The largest absolute Gasteiger partial charge is 0.370 e. The summed E-state index contributed by atoms with van der Waals surface area (Å²) in [6.45, 7) is 7.83. The van der Waals surface area contributed by atoms with Crippen LogP contribution in [0, 0.1) is 26.6 Å². The lowest BCUT2D eigenvalue weighted by molar-refractivity contribution is 0.0397.